The molecule has 1 fully saturated rings. The van der Waals surface area contributed by atoms with Gasteiger partial charge < -0.3 is 14.9 Å². The third-order valence-electron chi connectivity index (χ3n) is 3.14. The zero-order valence-corrected chi connectivity index (χ0v) is 11.5. The predicted octanol–water partition coefficient (Wildman–Crippen LogP) is 1.13. The molecule has 2 rings (SSSR count). The van der Waals surface area contributed by atoms with Crippen molar-refractivity contribution in [2.24, 2.45) is 5.73 Å². The van der Waals surface area contributed by atoms with Crippen molar-refractivity contribution in [3.8, 4) is 0 Å². The van der Waals surface area contributed by atoms with E-state index >= 15 is 0 Å². The van der Waals surface area contributed by atoms with E-state index in [4.69, 9.17) is 14.9 Å². The van der Waals surface area contributed by atoms with Gasteiger partial charge in [-0.1, -0.05) is 20.8 Å². The smallest absolute Gasteiger partial charge is 0.208 e. The Kier molecular flexibility index (Phi) is 4.04. The molecule has 0 radical (unpaired) electrons. The van der Waals surface area contributed by atoms with Crippen LogP contribution in [0.5, 0.6) is 0 Å². The molecule has 1 saturated heterocycles. The van der Waals surface area contributed by atoms with Crippen molar-refractivity contribution in [2.45, 2.75) is 38.8 Å². The van der Waals surface area contributed by atoms with Crippen LogP contribution >= 0.6 is 0 Å². The van der Waals surface area contributed by atoms with Gasteiger partial charge in [-0.15, -0.1) is 0 Å². The second-order valence-corrected chi connectivity index (χ2v) is 5.83. The summed E-state index contributed by atoms with van der Waals surface area (Å²) in [4.78, 5) is 6.62. The third-order valence-corrected chi connectivity index (χ3v) is 3.14. The normalized spacial score (nSPS) is 22.3. The first kappa shape index (κ1) is 13.5. The Balaban J connectivity index is 1.95. The second-order valence-electron chi connectivity index (χ2n) is 5.83. The van der Waals surface area contributed by atoms with Gasteiger partial charge in [-0.25, -0.2) is 4.98 Å². The fourth-order valence-corrected chi connectivity index (χ4v) is 1.99. The van der Waals surface area contributed by atoms with Crippen LogP contribution in [0, 0.1) is 0 Å². The molecular weight excluding hydrogens is 230 g/mol. The molecular formula is C13H23N3O2. The lowest BCUT2D eigenvalue weighted by atomic mass is 9.94. The fraction of sp³-hybridized carbons (Fsp3) is 0.769. The quantitative estimate of drug-likeness (QED) is 0.875. The van der Waals surface area contributed by atoms with Gasteiger partial charge in [0.2, 0.25) is 5.89 Å². The first-order valence-electron chi connectivity index (χ1n) is 6.48. The number of hydrogen-bond acceptors (Lipinski definition) is 5. The highest BCUT2D eigenvalue weighted by molar-refractivity contribution is 5.06. The van der Waals surface area contributed by atoms with Crippen LogP contribution in [0.25, 0.3) is 0 Å². The van der Waals surface area contributed by atoms with Crippen molar-refractivity contribution >= 4 is 0 Å². The number of oxazole rings is 1. The Morgan fingerprint density at radius 2 is 2.28 bits per heavy atom. The summed E-state index contributed by atoms with van der Waals surface area (Å²) in [6.45, 7) is 10.1. The number of nitrogens with zero attached hydrogens (tertiary/aromatic N) is 2. The molecule has 1 aliphatic rings. The lowest BCUT2D eigenvalue weighted by Crippen LogP contribution is -2.45. The minimum Gasteiger partial charge on any atom is -0.444 e. The molecule has 2 N–H and O–H groups in total. The van der Waals surface area contributed by atoms with Crippen LogP contribution in [0.15, 0.2) is 10.6 Å². The van der Waals surface area contributed by atoms with Gasteiger partial charge in [0, 0.05) is 25.0 Å². The van der Waals surface area contributed by atoms with E-state index in [1.165, 1.54) is 0 Å². The van der Waals surface area contributed by atoms with Crippen molar-refractivity contribution in [3.63, 3.8) is 0 Å². The highest BCUT2D eigenvalue weighted by Gasteiger charge is 2.23. The average Bonchev–Trinajstić information content (AvgIpc) is 2.77. The maximum atomic E-state index is 5.79. The van der Waals surface area contributed by atoms with Crippen molar-refractivity contribution in [2.75, 3.05) is 26.2 Å². The van der Waals surface area contributed by atoms with Crippen molar-refractivity contribution in [1.29, 1.82) is 0 Å². The highest BCUT2D eigenvalue weighted by Crippen LogP contribution is 2.23. The standard InChI is InChI=1S/C13H23N3O2/c1-13(2,3)11-7-15-12(18-11)9-16-4-5-17-10(6-14)8-16/h7,10H,4-6,8-9,14H2,1-3H3. The van der Waals surface area contributed by atoms with Gasteiger partial charge in [-0.3, -0.25) is 4.90 Å². The highest BCUT2D eigenvalue weighted by atomic mass is 16.5. The zero-order valence-electron chi connectivity index (χ0n) is 11.5. The number of aromatic nitrogens is 1. The van der Waals surface area contributed by atoms with E-state index < -0.39 is 0 Å². The first-order chi connectivity index (χ1) is 8.49. The molecule has 5 nitrogen and oxygen atoms in total. The Morgan fingerprint density at radius 1 is 1.50 bits per heavy atom. The SMILES string of the molecule is CC(C)(C)c1cnc(CN2CCOC(CN)C2)o1. The van der Waals surface area contributed by atoms with Crippen LogP contribution in [0.1, 0.15) is 32.4 Å². The fourth-order valence-electron chi connectivity index (χ4n) is 1.99. The van der Waals surface area contributed by atoms with Crippen LogP contribution in [0.2, 0.25) is 0 Å². The maximum Gasteiger partial charge on any atom is 0.208 e. The number of hydrogen-bond donors (Lipinski definition) is 1. The number of ether oxygens (including phenoxy) is 1. The van der Waals surface area contributed by atoms with Crippen LogP contribution in [-0.2, 0) is 16.7 Å². The van der Waals surface area contributed by atoms with E-state index in [1.807, 2.05) is 6.20 Å². The summed E-state index contributed by atoms with van der Waals surface area (Å²) in [5.74, 6) is 1.71. The molecule has 1 atom stereocenters. The largest absolute Gasteiger partial charge is 0.444 e. The van der Waals surface area contributed by atoms with E-state index in [0.717, 1.165) is 37.9 Å². The molecule has 0 amide bonds. The number of nitrogens with two attached hydrogens (primary N) is 1. The minimum atomic E-state index is 0.00997. The molecule has 0 aromatic carbocycles. The Hall–Kier alpha value is -0.910. The maximum absolute atomic E-state index is 5.79. The lowest BCUT2D eigenvalue weighted by Gasteiger charge is -2.31. The van der Waals surface area contributed by atoms with Crippen molar-refractivity contribution in [3.05, 3.63) is 17.8 Å². The van der Waals surface area contributed by atoms with Gasteiger partial charge in [0.15, 0.2) is 0 Å². The molecule has 102 valence electrons. The molecule has 1 aromatic rings. The summed E-state index contributed by atoms with van der Waals surface area (Å²) in [6.07, 6.45) is 1.96. The molecule has 0 bridgehead atoms. The summed E-state index contributed by atoms with van der Waals surface area (Å²) in [5, 5.41) is 0. The van der Waals surface area contributed by atoms with E-state index in [2.05, 4.69) is 30.7 Å². The van der Waals surface area contributed by atoms with Crippen LogP contribution < -0.4 is 5.73 Å². The summed E-state index contributed by atoms with van der Waals surface area (Å²) in [7, 11) is 0. The molecule has 1 aromatic heterocycles. The summed E-state index contributed by atoms with van der Waals surface area (Å²) >= 11 is 0. The van der Waals surface area contributed by atoms with E-state index in [-0.39, 0.29) is 11.5 Å². The number of rotatable bonds is 3. The molecule has 0 spiro atoms. The van der Waals surface area contributed by atoms with E-state index in [0.29, 0.717) is 6.54 Å². The third kappa shape index (κ3) is 3.31. The van der Waals surface area contributed by atoms with Crippen molar-refractivity contribution < 1.29 is 9.15 Å². The Morgan fingerprint density at radius 3 is 2.89 bits per heavy atom. The second kappa shape index (κ2) is 5.38. The molecule has 18 heavy (non-hydrogen) atoms. The average molecular weight is 253 g/mol. The Bertz CT molecular complexity index is 384. The summed E-state index contributed by atoms with van der Waals surface area (Å²) in [6, 6.07) is 0. The molecule has 0 aliphatic carbocycles. The topological polar surface area (TPSA) is 64.5 Å². The van der Waals surface area contributed by atoms with Gasteiger partial charge in [0.1, 0.15) is 5.76 Å². The molecule has 1 unspecified atom stereocenters. The van der Waals surface area contributed by atoms with E-state index in [9.17, 15) is 0 Å². The monoisotopic (exact) mass is 253 g/mol. The molecule has 2 heterocycles. The minimum absolute atomic E-state index is 0.00997. The van der Waals surface area contributed by atoms with Crippen LogP contribution in [-0.4, -0.2) is 42.2 Å². The first-order valence-corrected chi connectivity index (χ1v) is 6.48. The summed E-state index contributed by atoms with van der Waals surface area (Å²) < 4.78 is 11.3. The van der Waals surface area contributed by atoms with Crippen LogP contribution in [0.4, 0.5) is 0 Å². The van der Waals surface area contributed by atoms with Gasteiger partial charge in [-0.2, -0.15) is 0 Å². The lowest BCUT2D eigenvalue weighted by molar-refractivity contribution is -0.0285. The van der Waals surface area contributed by atoms with Gasteiger partial charge in [0.25, 0.3) is 0 Å². The van der Waals surface area contributed by atoms with E-state index in [1.54, 1.807) is 0 Å². The van der Waals surface area contributed by atoms with Crippen LogP contribution in [0.3, 0.4) is 0 Å². The number of morpholine rings is 1. The Labute approximate surface area is 108 Å². The van der Waals surface area contributed by atoms with Crippen molar-refractivity contribution in [1.82, 2.24) is 9.88 Å². The van der Waals surface area contributed by atoms with Gasteiger partial charge in [-0.05, 0) is 0 Å². The summed E-state index contributed by atoms with van der Waals surface area (Å²) in [5.41, 5.74) is 5.64. The van der Waals surface area contributed by atoms with Gasteiger partial charge in [0.05, 0.1) is 25.5 Å². The molecule has 0 saturated carbocycles. The zero-order chi connectivity index (χ0) is 13.2. The molecule has 5 heteroatoms. The molecule has 1 aliphatic heterocycles. The predicted molar refractivity (Wildman–Crippen MR) is 69.3 cm³/mol. The van der Waals surface area contributed by atoms with Gasteiger partial charge >= 0.3 is 0 Å².